The molecule has 19 heavy (non-hydrogen) atoms. The van der Waals surface area contributed by atoms with Gasteiger partial charge in [0.2, 0.25) is 0 Å². The summed E-state index contributed by atoms with van der Waals surface area (Å²) in [5.74, 6) is -0.605. The summed E-state index contributed by atoms with van der Waals surface area (Å²) >= 11 is 0. The van der Waals surface area contributed by atoms with Gasteiger partial charge in [-0.2, -0.15) is 0 Å². The standard InChI is InChI=1S/C14H24O5/c1-3-12(15)18-10-9-17-11-13(16)19-14(2)7-5-4-6-8-14/h3-11H2,1-2H3. The van der Waals surface area contributed by atoms with Crippen LogP contribution in [0.3, 0.4) is 0 Å². The van der Waals surface area contributed by atoms with Gasteiger partial charge in [-0.25, -0.2) is 4.79 Å². The van der Waals surface area contributed by atoms with Gasteiger partial charge >= 0.3 is 11.9 Å². The van der Waals surface area contributed by atoms with Crippen molar-refractivity contribution in [3.05, 3.63) is 0 Å². The molecule has 0 N–H and O–H groups in total. The number of hydrogen-bond acceptors (Lipinski definition) is 5. The highest BCUT2D eigenvalue weighted by molar-refractivity contribution is 5.71. The molecule has 110 valence electrons. The first-order valence-corrected chi connectivity index (χ1v) is 7.01. The predicted molar refractivity (Wildman–Crippen MR) is 69.7 cm³/mol. The van der Waals surface area contributed by atoms with Crippen molar-refractivity contribution in [1.29, 1.82) is 0 Å². The van der Waals surface area contributed by atoms with Crippen molar-refractivity contribution in [2.45, 2.75) is 58.0 Å². The molecule has 1 fully saturated rings. The van der Waals surface area contributed by atoms with Crippen LogP contribution < -0.4 is 0 Å². The normalized spacial score (nSPS) is 17.8. The molecule has 0 aliphatic heterocycles. The molecule has 1 aliphatic rings. The fourth-order valence-corrected chi connectivity index (χ4v) is 2.18. The van der Waals surface area contributed by atoms with Crippen LogP contribution in [0.2, 0.25) is 0 Å². The lowest BCUT2D eigenvalue weighted by Crippen LogP contribution is -2.35. The molecule has 5 heteroatoms. The molecule has 0 radical (unpaired) electrons. The molecule has 0 aromatic carbocycles. The van der Waals surface area contributed by atoms with Crippen LogP contribution >= 0.6 is 0 Å². The molecule has 1 rings (SSSR count). The topological polar surface area (TPSA) is 61.8 Å². The summed E-state index contributed by atoms with van der Waals surface area (Å²) in [7, 11) is 0. The fraction of sp³-hybridized carbons (Fsp3) is 0.857. The Kier molecular flexibility index (Phi) is 6.84. The highest BCUT2D eigenvalue weighted by Crippen LogP contribution is 2.30. The third-order valence-electron chi connectivity index (χ3n) is 3.27. The molecule has 5 nitrogen and oxygen atoms in total. The van der Waals surface area contributed by atoms with Crippen LogP contribution in [0.25, 0.3) is 0 Å². The van der Waals surface area contributed by atoms with E-state index in [9.17, 15) is 9.59 Å². The van der Waals surface area contributed by atoms with E-state index in [0.717, 1.165) is 25.7 Å². The number of hydrogen-bond donors (Lipinski definition) is 0. The maximum Gasteiger partial charge on any atom is 0.332 e. The van der Waals surface area contributed by atoms with E-state index in [-0.39, 0.29) is 37.4 Å². The lowest BCUT2D eigenvalue weighted by atomic mass is 9.86. The molecule has 0 bridgehead atoms. The first-order valence-electron chi connectivity index (χ1n) is 7.01. The van der Waals surface area contributed by atoms with E-state index >= 15 is 0 Å². The van der Waals surface area contributed by atoms with Crippen molar-refractivity contribution in [2.75, 3.05) is 19.8 Å². The van der Waals surface area contributed by atoms with Crippen LogP contribution in [-0.2, 0) is 23.8 Å². The zero-order valence-corrected chi connectivity index (χ0v) is 11.9. The summed E-state index contributed by atoms with van der Waals surface area (Å²) < 4.78 is 15.4. The summed E-state index contributed by atoms with van der Waals surface area (Å²) in [5.41, 5.74) is -0.326. The van der Waals surface area contributed by atoms with Crippen molar-refractivity contribution in [1.82, 2.24) is 0 Å². The maximum atomic E-state index is 11.6. The second kappa shape index (κ2) is 8.15. The second-order valence-corrected chi connectivity index (χ2v) is 5.11. The average molecular weight is 272 g/mol. The number of rotatable bonds is 7. The summed E-state index contributed by atoms with van der Waals surface area (Å²) in [6, 6.07) is 0. The van der Waals surface area contributed by atoms with Gasteiger partial charge in [-0.3, -0.25) is 4.79 Å². The Morgan fingerprint density at radius 2 is 1.74 bits per heavy atom. The molecule has 0 aromatic rings. The Bertz CT molecular complexity index is 294. The molecule has 0 aromatic heterocycles. The third kappa shape index (κ3) is 6.57. The molecular weight excluding hydrogens is 248 g/mol. The molecule has 1 saturated carbocycles. The smallest absolute Gasteiger partial charge is 0.332 e. The van der Waals surface area contributed by atoms with E-state index in [1.54, 1.807) is 6.92 Å². The minimum Gasteiger partial charge on any atom is -0.463 e. The number of carbonyl (C=O) groups is 2. The zero-order chi connectivity index (χ0) is 14.1. The zero-order valence-electron chi connectivity index (χ0n) is 11.9. The molecule has 0 spiro atoms. The van der Waals surface area contributed by atoms with Gasteiger partial charge in [-0.15, -0.1) is 0 Å². The first-order chi connectivity index (χ1) is 9.06. The van der Waals surface area contributed by atoms with Gasteiger partial charge in [0.05, 0.1) is 6.61 Å². The molecule has 0 heterocycles. The Morgan fingerprint density at radius 1 is 1.05 bits per heavy atom. The summed E-state index contributed by atoms with van der Waals surface area (Å²) in [5, 5.41) is 0. The lowest BCUT2D eigenvalue weighted by Gasteiger charge is -2.33. The van der Waals surface area contributed by atoms with E-state index < -0.39 is 0 Å². The van der Waals surface area contributed by atoms with Gasteiger partial charge in [0, 0.05) is 6.42 Å². The fourth-order valence-electron chi connectivity index (χ4n) is 2.18. The largest absolute Gasteiger partial charge is 0.463 e. The highest BCUT2D eigenvalue weighted by atomic mass is 16.6. The highest BCUT2D eigenvalue weighted by Gasteiger charge is 2.30. The van der Waals surface area contributed by atoms with Crippen LogP contribution in [0.5, 0.6) is 0 Å². The van der Waals surface area contributed by atoms with Crippen molar-refractivity contribution in [3.63, 3.8) is 0 Å². The Balaban J connectivity index is 2.09. The second-order valence-electron chi connectivity index (χ2n) is 5.11. The SMILES string of the molecule is CCC(=O)OCCOCC(=O)OC1(C)CCCCC1. The van der Waals surface area contributed by atoms with Gasteiger partial charge in [0.15, 0.2) is 0 Å². The Hall–Kier alpha value is -1.10. The number of carbonyl (C=O) groups excluding carboxylic acids is 2. The molecule has 0 amide bonds. The predicted octanol–water partition coefficient (Wildman–Crippen LogP) is 2.22. The Labute approximate surface area is 114 Å². The van der Waals surface area contributed by atoms with Crippen LogP contribution in [0, 0.1) is 0 Å². The van der Waals surface area contributed by atoms with Gasteiger partial charge in [0.25, 0.3) is 0 Å². The van der Waals surface area contributed by atoms with Gasteiger partial charge in [-0.05, 0) is 32.6 Å². The van der Waals surface area contributed by atoms with Crippen molar-refractivity contribution >= 4 is 11.9 Å². The van der Waals surface area contributed by atoms with Gasteiger partial charge in [-0.1, -0.05) is 13.3 Å². The van der Waals surface area contributed by atoms with Crippen LogP contribution in [0.1, 0.15) is 52.4 Å². The summed E-state index contributed by atoms with van der Waals surface area (Å²) in [6.45, 7) is 4.02. The van der Waals surface area contributed by atoms with Crippen molar-refractivity contribution in [3.8, 4) is 0 Å². The summed E-state index contributed by atoms with van der Waals surface area (Å²) in [6.07, 6.45) is 5.63. The minimum atomic E-state index is -0.341. The Morgan fingerprint density at radius 3 is 2.37 bits per heavy atom. The van der Waals surface area contributed by atoms with E-state index in [1.807, 2.05) is 6.92 Å². The summed E-state index contributed by atoms with van der Waals surface area (Å²) in [4.78, 5) is 22.5. The minimum absolute atomic E-state index is 0.0841. The number of esters is 2. The molecular formula is C14H24O5. The molecule has 0 atom stereocenters. The van der Waals surface area contributed by atoms with Crippen molar-refractivity contribution in [2.24, 2.45) is 0 Å². The molecule has 1 aliphatic carbocycles. The quantitative estimate of drug-likeness (QED) is 0.525. The van der Waals surface area contributed by atoms with Crippen LogP contribution in [0.15, 0.2) is 0 Å². The monoisotopic (exact) mass is 272 g/mol. The number of ether oxygens (including phenoxy) is 3. The van der Waals surface area contributed by atoms with Crippen molar-refractivity contribution < 1.29 is 23.8 Å². The lowest BCUT2D eigenvalue weighted by molar-refractivity contribution is -0.167. The average Bonchev–Trinajstić information content (AvgIpc) is 2.38. The van der Waals surface area contributed by atoms with E-state index in [0.29, 0.717) is 6.42 Å². The van der Waals surface area contributed by atoms with E-state index in [1.165, 1.54) is 6.42 Å². The van der Waals surface area contributed by atoms with Crippen LogP contribution in [-0.4, -0.2) is 37.4 Å². The van der Waals surface area contributed by atoms with Gasteiger partial charge in [0.1, 0.15) is 18.8 Å². The van der Waals surface area contributed by atoms with E-state index in [4.69, 9.17) is 14.2 Å². The molecule has 0 saturated heterocycles. The molecule has 0 unspecified atom stereocenters. The van der Waals surface area contributed by atoms with Gasteiger partial charge < -0.3 is 14.2 Å². The maximum absolute atomic E-state index is 11.6. The van der Waals surface area contributed by atoms with E-state index in [2.05, 4.69) is 0 Å². The third-order valence-corrected chi connectivity index (χ3v) is 3.27. The van der Waals surface area contributed by atoms with Crippen LogP contribution in [0.4, 0.5) is 0 Å². The first kappa shape index (κ1) is 16.0.